The van der Waals surface area contributed by atoms with E-state index in [9.17, 15) is 0 Å². The summed E-state index contributed by atoms with van der Waals surface area (Å²) in [5.74, 6) is 0. The normalized spacial score (nSPS) is 11.8. The van der Waals surface area contributed by atoms with E-state index in [-0.39, 0.29) is 0 Å². The monoisotopic (exact) mass is 408 g/mol. The smallest absolute Gasteiger partial charge is 0.127 e. The van der Waals surface area contributed by atoms with Crippen molar-refractivity contribution in [2.24, 2.45) is 0 Å². The maximum atomic E-state index is 2.48. The predicted octanol–water partition coefficient (Wildman–Crippen LogP) is 3.45. The summed E-state index contributed by atoms with van der Waals surface area (Å²) < 4.78 is 4.90. The minimum absolute atomic E-state index is 0.604. The van der Waals surface area contributed by atoms with E-state index in [1.165, 1.54) is 54.7 Å². The zero-order valence-electron chi connectivity index (χ0n) is 19.0. The van der Waals surface area contributed by atoms with Crippen molar-refractivity contribution in [1.82, 2.24) is 9.13 Å². The molecule has 0 saturated carbocycles. The van der Waals surface area contributed by atoms with Gasteiger partial charge in [-0.25, -0.2) is 0 Å². The van der Waals surface area contributed by atoms with Gasteiger partial charge in [-0.15, -0.1) is 0 Å². The maximum Gasteiger partial charge on any atom is 0.127 e. The number of rotatable bonds is 4. The number of hydrogen-bond donors (Lipinski definition) is 0. The van der Waals surface area contributed by atoms with Gasteiger partial charge in [0.15, 0.2) is 0 Å². The molecule has 150 valence electrons. The maximum absolute atomic E-state index is 2.48. The van der Waals surface area contributed by atoms with Gasteiger partial charge in [0.05, 0.1) is 22.0 Å². The van der Waals surface area contributed by atoms with Crippen molar-refractivity contribution in [3.8, 4) is 11.1 Å². The van der Waals surface area contributed by atoms with Crippen LogP contribution in [0.4, 0.5) is 0 Å². The molecule has 0 radical (unpaired) electrons. The summed E-state index contributed by atoms with van der Waals surface area (Å²) in [6.07, 6.45) is 2.01. The van der Waals surface area contributed by atoms with Crippen molar-refractivity contribution < 1.29 is 0 Å². The van der Waals surface area contributed by atoms with Crippen molar-refractivity contribution in [1.29, 1.82) is 0 Å². The lowest BCUT2D eigenvalue weighted by Gasteiger charge is -2.09. The molecule has 0 N–H and O–H groups in total. The van der Waals surface area contributed by atoms with Crippen molar-refractivity contribution in [3.63, 3.8) is 0 Å². The standard InChI is InChI=1S/C26H24B4N2/c27-15-31-23-7-3-1-5-19(23)21-13-17(9-11-25(21)31)18-10-12-26-22(14-18)20-6-2-4-8-24(20)32(26)16-30(28)29/h1-14H,15-16,27-29H2. The number of nitrogens with zero attached hydrogens (tertiary/aromatic N) is 2. The van der Waals surface area contributed by atoms with Crippen molar-refractivity contribution >= 4 is 73.4 Å². The van der Waals surface area contributed by atoms with Gasteiger partial charge in [0.25, 0.3) is 0 Å². The molecule has 6 heteroatoms. The minimum Gasteiger partial charge on any atom is -0.350 e. The molecule has 0 aliphatic rings. The molecule has 0 aliphatic carbocycles. The summed E-state index contributed by atoms with van der Waals surface area (Å²) in [5.41, 5.74) is 7.84. The molecule has 2 heterocycles. The minimum atomic E-state index is 0.604. The highest BCUT2D eigenvalue weighted by Gasteiger charge is 2.14. The summed E-state index contributed by atoms with van der Waals surface area (Å²) in [6, 6.07) is 31.5. The first-order chi connectivity index (χ1) is 15.7. The Labute approximate surface area is 191 Å². The molecule has 0 aliphatic heterocycles. The number of aromatic nitrogens is 2. The number of fused-ring (bicyclic) bond motifs is 6. The third-order valence-electron chi connectivity index (χ3n) is 6.74. The second-order valence-corrected chi connectivity index (χ2v) is 9.25. The van der Waals surface area contributed by atoms with Crippen molar-refractivity contribution in [3.05, 3.63) is 84.9 Å². The Hall–Kier alpha value is -3.26. The molecule has 0 amide bonds. The highest BCUT2D eigenvalue weighted by Crippen LogP contribution is 2.35. The van der Waals surface area contributed by atoms with Gasteiger partial charge >= 0.3 is 0 Å². The predicted molar refractivity (Wildman–Crippen MR) is 149 cm³/mol. The van der Waals surface area contributed by atoms with E-state index in [4.69, 9.17) is 0 Å². The van der Waals surface area contributed by atoms with Crippen LogP contribution in [0.2, 0.25) is 0 Å². The number of benzene rings is 4. The largest absolute Gasteiger partial charge is 0.350 e. The molecule has 0 bridgehead atoms. The Bertz CT molecular complexity index is 1630. The summed E-state index contributed by atoms with van der Waals surface area (Å²) in [4.78, 5) is 0. The second-order valence-electron chi connectivity index (χ2n) is 9.25. The third-order valence-corrected chi connectivity index (χ3v) is 6.74. The average Bonchev–Trinajstić information content (AvgIpc) is 3.31. The fourth-order valence-electron chi connectivity index (χ4n) is 5.37. The van der Waals surface area contributed by atoms with Gasteiger partial charge in [-0.05, 0) is 60.4 Å². The molecule has 0 saturated heterocycles. The van der Waals surface area contributed by atoms with Gasteiger partial charge in [0, 0.05) is 43.6 Å². The first kappa shape index (κ1) is 19.4. The van der Waals surface area contributed by atoms with Gasteiger partial charge in [-0.2, -0.15) is 0 Å². The topological polar surface area (TPSA) is 9.86 Å². The molecule has 6 rings (SSSR count). The van der Waals surface area contributed by atoms with Gasteiger partial charge in [0.2, 0.25) is 0 Å². The van der Waals surface area contributed by atoms with E-state index < -0.39 is 0 Å². The Balaban J connectivity index is 1.58. The van der Waals surface area contributed by atoms with E-state index in [2.05, 4.69) is 117 Å². The van der Waals surface area contributed by atoms with Gasteiger partial charge < -0.3 is 9.13 Å². The van der Waals surface area contributed by atoms with E-state index >= 15 is 0 Å². The van der Waals surface area contributed by atoms with Crippen LogP contribution < -0.4 is 0 Å². The fraction of sp³-hybridized carbons (Fsp3) is 0.0769. The molecule has 32 heavy (non-hydrogen) atoms. The quantitative estimate of drug-likeness (QED) is 0.396. The van der Waals surface area contributed by atoms with Gasteiger partial charge in [0.1, 0.15) is 7.85 Å². The lowest BCUT2D eigenvalue weighted by Crippen LogP contribution is -2.22. The van der Waals surface area contributed by atoms with Crippen LogP contribution in [0.5, 0.6) is 0 Å². The molecular weight excluding hydrogens is 384 g/mol. The van der Waals surface area contributed by atoms with E-state index in [0.717, 1.165) is 12.9 Å². The Morgan fingerprint density at radius 2 is 1.03 bits per heavy atom. The highest BCUT2D eigenvalue weighted by atomic mass is 15.0. The van der Waals surface area contributed by atoms with Crippen LogP contribution in [0.3, 0.4) is 0 Å². The van der Waals surface area contributed by atoms with Crippen molar-refractivity contribution in [2.75, 3.05) is 0 Å². The molecule has 0 fully saturated rings. The van der Waals surface area contributed by atoms with Crippen LogP contribution in [0.25, 0.3) is 54.7 Å². The highest BCUT2D eigenvalue weighted by molar-refractivity contribution is 7.28. The molecular formula is C26H24B4N2. The third kappa shape index (κ3) is 2.86. The SMILES string of the molecule is BCn1c2ccccc2c2cc(-c3ccc4c(c3)c3ccccc3n4CB(B)B)ccc21. The lowest BCUT2D eigenvalue weighted by molar-refractivity contribution is 0.966. The van der Waals surface area contributed by atoms with Crippen LogP contribution in [0.15, 0.2) is 84.9 Å². The first-order valence-electron chi connectivity index (χ1n) is 11.7. The van der Waals surface area contributed by atoms with Crippen LogP contribution >= 0.6 is 0 Å². The lowest BCUT2D eigenvalue weighted by atomic mass is 9.19. The fourth-order valence-corrected chi connectivity index (χ4v) is 5.37. The molecule has 4 aromatic carbocycles. The first-order valence-corrected chi connectivity index (χ1v) is 11.7. The summed E-state index contributed by atoms with van der Waals surface area (Å²) in [6.45, 7) is 0.604. The van der Waals surface area contributed by atoms with Gasteiger partial charge in [-0.3, -0.25) is 0 Å². The molecule has 2 nitrogen and oxygen atoms in total. The summed E-state index contributed by atoms with van der Waals surface area (Å²) >= 11 is 0. The van der Waals surface area contributed by atoms with Crippen molar-refractivity contribution in [2.45, 2.75) is 12.9 Å². The van der Waals surface area contributed by atoms with E-state index in [1.54, 1.807) is 0 Å². The molecule has 6 aromatic rings. The summed E-state index contributed by atoms with van der Waals surface area (Å²) in [7, 11) is 6.80. The van der Waals surface area contributed by atoms with Crippen LogP contribution in [-0.2, 0) is 12.9 Å². The van der Waals surface area contributed by atoms with Gasteiger partial charge in [-0.1, -0.05) is 48.5 Å². The zero-order chi connectivity index (χ0) is 21.8. The van der Waals surface area contributed by atoms with E-state index in [0.29, 0.717) is 6.49 Å². The Morgan fingerprint density at radius 3 is 1.56 bits per heavy atom. The molecule has 0 atom stereocenters. The number of para-hydroxylation sites is 2. The summed E-state index contributed by atoms with van der Waals surface area (Å²) in [5, 5.41) is 5.35. The van der Waals surface area contributed by atoms with Crippen LogP contribution in [-0.4, -0.2) is 38.9 Å². The van der Waals surface area contributed by atoms with Crippen LogP contribution in [0, 0.1) is 0 Å². The molecule has 0 spiro atoms. The second kappa shape index (κ2) is 7.41. The molecule has 2 aromatic heterocycles. The van der Waals surface area contributed by atoms with Crippen LogP contribution in [0.1, 0.15) is 0 Å². The zero-order valence-corrected chi connectivity index (χ0v) is 19.0. The average molecular weight is 408 g/mol. The van der Waals surface area contributed by atoms with E-state index in [1.807, 2.05) is 0 Å². The number of hydrogen-bond acceptors (Lipinski definition) is 0. The Kier molecular flexibility index (Phi) is 4.50. The Morgan fingerprint density at radius 1 is 0.562 bits per heavy atom. The molecule has 0 unspecified atom stereocenters.